The zero-order chi connectivity index (χ0) is 17.7. The molecule has 0 aliphatic heterocycles. The predicted molar refractivity (Wildman–Crippen MR) is 108 cm³/mol. The highest BCUT2D eigenvalue weighted by Gasteiger charge is 2.03. The summed E-state index contributed by atoms with van der Waals surface area (Å²) < 4.78 is 0. The average molecular weight is 418 g/mol. The molecule has 2 N–H and O–H groups in total. The van der Waals surface area contributed by atoms with E-state index in [1.807, 2.05) is 10.8 Å². The van der Waals surface area contributed by atoms with Gasteiger partial charge in [-0.3, -0.25) is 10.1 Å². The molecule has 0 bridgehead atoms. The fourth-order valence-electron chi connectivity index (χ4n) is 1.74. The van der Waals surface area contributed by atoms with E-state index in [0.717, 1.165) is 39.2 Å². The molecule has 7 nitrogen and oxygen atoms in total. The third kappa shape index (κ3) is 9.10. The van der Waals surface area contributed by atoms with Crippen molar-refractivity contribution in [2.75, 3.05) is 24.6 Å². The summed E-state index contributed by atoms with van der Waals surface area (Å²) in [5, 5.41) is 23.0. The van der Waals surface area contributed by atoms with Crippen LogP contribution in [-0.4, -0.2) is 39.5 Å². The van der Waals surface area contributed by atoms with Gasteiger partial charge in [0, 0.05) is 59.3 Å². The van der Waals surface area contributed by atoms with Crippen molar-refractivity contribution in [3.8, 4) is 0 Å². The Kier molecular flexibility index (Phi) is 9.70. The van der Waals surface area contributed by atoms with E-state index < -0.39 is 4.92 Å². The lowest BCUT2D eigenvalue weighted by Crippen LogP contribution is -2.30. The molecule has 25 heavy (non-hydrogen) atoms. The number of aromatic nitrogens is 2. The van der Waals surface area contributed by atoms with E-state index >= 15 is 0 Å². The monoisotopic (exact) mass is 417 g/mol. The summed E-state index contributed by atoms with van der Waals surface area (Å²) in [7, 11) is 0. The Morgan fingerprint density at radius 2 is 1.60 bits per heavy atom. The van der Waals surface area contributed by atoms with Gasteiger partial charge in [-0.05, 0) is 0 Å². The summed E-state index contributed by atoms with van der Waals surface area (Å²) in [5.74, 6) is 3.90. The first kappa shape index (κ1) is 20.0. The molecule has 0 aliphatic carbocycles. The zero-order valence-corrected chi connectivity index (χ0v) is 16.7. The third-order valence-electron chi connectivity index (χ3n) is 2.78. The second-order valence-corrected chi connectivity index (χ2v) is 8.81. The summed E-state index contributed by atoms with van der Waals surface area (Å²) in [5.41, 5.74) is 0. The topological polar surface area (TPSA) is 93.0 Å². The molecule has 0 spiro atoms. The molecule has 0 aromatic carbocycles. The van der Waals surface area contributed by atoms with Gasteiger partial charge in [-0.2, -0.15) is 23.5 Å². The molecular formula is C14H19N5O2S4. The van der Waals surface area contributed by atoms with Crippen LogP contribution in [-0.2, 0) is 11.5 Å². The maximum Gasteiger partial charge on any atom is 0.274 e. The van der Waals surface area contributed by atoms with Crippen LogP contribution in [0.3, 0.4) is 0 Å². The maximum atomic E-state index is 10.7. The van der Waals surface area contributed by atoms with Crippen LogP contribution in [0.1, 0.15) is 10.0 Å². The summed E-state index contributed by atoms with van der Waals surface area (Å²) in [6.07, 6.45) is 4.58. The van der Waals surface area contributed by atoms with Crippen molar-refractivity contribution in [1.29, 1.82) is 0 Å². The van der Waals surface area contributed by atoms with Gasteiger partial charge in [0.1, 0.15) is 10.0 Å². The first-order valence-electron chi connectivity index (χ1n) is 7.49. The lowest BCUT2D eigenvalue weighted by atomic mass is 10.6. The molecule has 2 aromatic heterocycles. The quantitative estimate of drug-likeness (QED) is 0.292. The number of nitrogens with one attached hydrogen (secondary N) is 2. The molecule has 0 atom stereocenters. The average Bonchev–Trinajstić information content (AvgIpc) is 3.27. The highest BCUT2D eigenvalue weighted by atomic mass is 32.2. The Labute approximate surface area is 162 Å². The highest BCUT2D eigenvalue weighted by Crippen LogP contribution is 2.14. The van der Waals surface area contributed by atoms with Crippen LogP contribution in [0.15, 0.2) is 35.2 Å². The first-order chi connectivity index (χ1) is 12.2. The van der Waals surface area contributed by atoms with Crippen LogP contribution >= 0.6 is 46.2 Å². The number of nitro groups is 1. The Morgan fingerprint density at radius 1 is 1.08 bits per heavy atom. The van der Waals surface area contributed by atoms with Crippen molar-refractivity contribution in [3.05, 3.63) is 55.3 Å². The largest absolute Gasteiger partial charge is 0.366 e. The number of rotatable bonds is 13. The van der Waals surface area contributed by atoms with Gasteiger partial charge in [-0.15, -0.1) is 22.7 Å². The Morgan fingerprint density at radius 3 is 2.00 bits per heavy atom. The summed E-state index contributed by atoms with van der Waals surface area (Å²) >= 11 is 6.78. The van der Waals surface area contributed by atoms with Crippen LogP contribution in [0.5, 0.6) is 0 Å². The van der Waals surface area contributed by atoms with E-state index in [2.05, 4.69) is 20.6 Å². The van der Waals surface area contributed by atoms with Gasteiger partial charge in [-0.25, -0.2) is 9.97 Å². The minimum absolute atomic E-state index is 0.444. The lowest BCUT2D eigenvalue weighted by Gasteiger charge is -2.11. The minimum atomic E-state index is -0.444. The van der Waals surface area contributed by atoms with E-state index in [0.29, 0.717) is 18.9 Å². The van der Waals surface area contributed by atoms with Crippen molar-refractivity contribution in [2.45, 2.75) is 11.5 Å². The van der Waals surface area contributed by atoms with Gasteiger partial charge in [-0.1, -0.05) is 0 Å². The second-order valence-electron chi connectivity index (χ2n) is 4.64. The molecule has 2 aromatic rings. The van der Waals surface area contributed by atoms with Gasteiger partial charge in [0.15, 0.2) is 5.82 Å². The van der Waals surface area contributed by atoms with Gasteiger partial charge in [0.25, 0.3) is 6.20 Å². The Bertz CT molecular complexity index is 587. The maximum absolute atomic E-state index is 10.7. The van der Waals surface area contributed by atoms with Crippen LogP contribution in [0.2, 0.25) is 0 Å². The summed E-state index contributed by atoms with van der Waals surface area (Å²) in [6, 6.07) is 0. The normalized spacial score (nSPS) is 10.4. The first-order valence-corrected chi connectivity index (χ1v) is 11.6. The summed E-state index contributed by atoms with van der Waals surface area (Å²) in [6.45, 7) is 1.32. The third-order valence-corrected chi connectivity index (χ3v) is 6.64. The van der Waals surface area contributed by atoms with Crippen LogP contribution in [0, 0.1) is 10.1 Å². The lowest BCUT2D eigenvalue weighted by molar-refractivity contribution is -0.404. The fourth-order valence-corrected chi connectivity index (χ4v) is 4.87. The van der Waals surface area contributed by atoms with Crippen molar-refractivity contribution >= 4 is 46.2 Å². The SMILES string of the molecule is O=[N+]([O-])C=C(NCCSCc1nccs1)NCCSCc1nccs1. The van der Waals surface area contributed by atoms with Gasteiger partial charge < -0.3 is 10.6 Å². The Hall–Kier alpha value is -1.30. The fraction of sp³-hybridized carbons (Fsp3) is 0.429. The molecule has 136 valence electrons. The van der Waals surface area contributed by atoms with Crippen LogP contribution < -0.4 is 10.6 Å². The van der Waals surface area contributed by atoms with Crippen molar-refractivity contribution < 1.29 is 4.92 Å². The number of nitrogens with zero attached hydrogens (tertiary/aromatic N) is 3. The molecule has 0 saturated carbocycles. The molecule has 0 fully saturated rings. The molecule has 0 radical (unpaired) electrons. The molecule has 11 heteroatoms. The van der Waals surface area contributed by atoms with E-state index in [4.69, 9.17) is 0 Å². The van der Waals surface area contributed by atoms with Gasteiger partial charge in [0.2, 0.25) is 0 Å². The number of thiazole rings is 2. The molecule has 0 aliphatic rings. The zero-order valence-electron chi connectivity index (χ0n) is 13.4. The molecule has 0 unspecified atom stereocenters. The predicted octanol–water partition coefficient (Wildman–Crippen LogP) is 3.02. The highest BCUT2D eigenvalue weighted by molar-refractivity contribution is 7.98. The van der Waals surface area contributed by atoms with E-state index in [-0.39, 0.29) is 0 Å². The minimum Gasteiger partial charge on any atom is -0.366 e. The van der Waals surface area contributed by atoms with Crippen molar-refractivity contribution in [2.24, 2.45) is 0 Å². The molecule has 0 amide bonds. The molecular weight excluding hydrogens is 398 g/mol. The summed E-state index contributed by atoms with van der Waals surface area (Å²) in [4.78, 5) is 18.7. The number of hydrogen-bond donors (Lipinski definition) is 2. The van der Waals surface area contributed by atoms with Gasteiger partial charge >= 0.3 is 0 Å². The van der Waals surface area contributed by atoms with Gasteiger partial charge in [0.05, 0.1) is 4.92 Å². The van der Waals surface area contributed by atoms with Crippen LogP contribution in [0.4, 0.5) is 0 Å². The van der Waals surface area contributed by atoms with E-state index in [9.17, 15) is 10.1 Å². The number of hydrogen-bond acceptors (Lipinski definition) is 10. The number of thioether (sulfide) groups is 2. The second kappa shape index (κ2) is 12.1. The van der Waals surface area contributed by atoms with E-state index in [1.165, 1.54) is 0 Å². The van der Waals surface area contributed by atoms with Crippen molar-refractivity contribution in [3.63, 3.8) is 0 Å². The van der Waals surface area contributed by atoms with Crippen molar-refractivity contribution in [1.82, 2.24) is 20.6 Å². The molecule has 0 saturated heterocycles. The molecule has 2 rings (SSSR count). The van der Waals surface area contributed by atoms with E-state index in [1.54, 1.807) is 58.6 Å². The van der Waals surface area contributed by atoms with Crippen LogP contribution in [0.25, 0.3) is 0 Å². The Balaban J connectivity index is 1.58. The molecule has 2 heterocycles. The standard InChI is InChI=1S/C14H19N5O2S4/c20-19(21)9-12(15-1-5-22-10-13-17-3-7-24-13)16-2-6-23-11-14-18-4-8-25-14/h3-4,7-9,15-16H,1-2,5-6,10-11H2. The smallest absolute Gasteiger partial charge is 0.274 e.